The lowest BCUT2D eigenvalue weighted by molar-refractivity contribution is 0.0133. The van der Waals surface area contributed by atoms with Crippen molar-refractivity contribution in [2.45, 2.75) is 70.7 Å². The average Bonchev–Trinajstić information content (AvgIpc) is 2.87. The van der Waals surface area contributed by atoms with Gasteiger partial charge in [0.25, 0.3) is 5.56 Å². The Hall–Kier alpha value is -3.59. The second-order valence-corrected chi connectivity index (χ2v) is 11.5. The van der Waals surface area contributed by atoms with Crippen LogP contribution in [0.5, 0.6) is 11.5 Å². The van der Waals surface area contributed by atoms with Crippen molar-refractivity contribution in [3.8, 4) is 22.6 Å². The van der Waals surface area contributed by atoms with Crippen LogP contribution >= 0.6 is 0 Å². The lowest BCUT2D eigenvalue weighted by Crippen LogP contribution is -2.63. The monoisotopic (exact) mass is 536 g/mol. The van der Waals surface area contributed by atoms with E-state index >= 15 is 0 Å². The van der Waals surface area contributed by atoms with Crippen molar-refractivity contribution < 1.29 is 19.0 Å². The van der Waals surface area contributed by atoms with Crippen molar-refractivity contribution in [2.24, 2.45) is 7.05 Å². The van der Waals surface area contributed by atoms with Crippen molar-refractivity contribution in [3.63, 3.8) is 0 Å². The Balaban J connectivity index is 1.58. The highest BCUT2D eigenvalue weighted by Gasteiger charge is 2.46. The summed E-state index contributed by atoms with van der Waals surface area (Å²) in [6, 6.07) is 6.13. The molecule has 1 aliphatic rings. The normalized spacial score (nSPS) is 19.1. The first-order valence-electron chi connectivity index (χ1n) is 13.3. The van der Waals surface area contributed by atoms with Crippen LogP contribution in [0.4, 0.5) is 4.79 Å². The highest BCUT2D eigenvalue weighted by molar-refractivity contribution is 5.95. The van der Waals surface area contributed by atoms with Crippen LogP contribution in [0.15, 0.2) is 41.6 Å². The molecule has 1 amide bonds. The van der Waals surface area contributed by atoms with Gasteiger partial charge in [0.15, 0.2) is 0 Å². The van der Waals surface area contributed by atoms with E-state index in [2.05, 4.69) is 29.2 Å². The lowest BCUT2D eigenvalue weighted by Gasteiger charge is -2.51. The maximum atomic E-state index is 12.7. The Bertz CT molecular complexity index is 1390. The molecule has 0 unspecified atom stereocenters. The van der Waals surface area contributed by atoms with Gasteiger partial charge in [-0.1, -0.05) is 6.92 Å². The van der Waals surface area contributed by atoms with Gasteiger partial charge in [-0.25, -0.2) is 4.79 Å². The summed E-state index contributed by atoms with van der Waals surface area (Å²) < 4.78 is 18.8. The molecule has 3 aromatic rings. The zero-order valence-electron chi connectivity index (χ0n) is 24.3. The second-order valence-electron chi connectivity index (χ2n) is 11.5. The number of rotatable bonds is 8. The van der Waals surface area contributed by atoms with Crippen molar-refractivity contribution in [2.75, 3.05) is 21.3 Å². The SMILES string of the molecule is CCC1(NC(=O)OC(C)(C)C)CC(N(C)Cc2c(OC)cc(-c3cn(C)c(=O)c4cnccc34)cc2OC)C1. The van der Waals surface area contributed by atoms with Gasteiger partial charge in [0.1, 0.15) is 17.1 Å². The molecular weight excluding hydrogens is 496 g/mol. The van der Waals surface area contributed by atoms with E-state index in [1.165, 1.54) is 0 Å². The third-order valence-corrected chi connectivity index (χ3v) is 7.63. The molecule has 1 fully saturated rings. The Morgan fingerprint density at radius 3 is 2.38 bits per heavy atom. The van der Waals surface area contributed by atoms with E-state index < -0.39 is 5.60 Å². The van der Waals surface area contributed by atoms with Gasteiger partial charge in [-0.15, -0.1) is 0 Å². The molecule has 1 saturated carbocycles. The summed E-state index contributed by atoms with van der Waals surface area (Å²) in [5.41, 5.74) is 1.83. The summed E-state index contributed by atoms with van der Waals surface area (Å²) in [4.78, 5) is 31.5. The Morgan fingerprint density at radius 1 is 1.18 bits per heavy atom. The number of ether oxygens (including phenoxy) is 3. The van der Waals surface area contributed by atoms with E-state index in [4.69, 9.17) is 14.2 Å². The van der Waals surface area contributed by atoms with Crippen LogP contribution in [0, 0.1) is 0 Å². The summed E-state index contributed by atoms with van der Waals surface area (Å²) in [6.45, 7) is 8.31. The molecule has 210 valence electrons. The average molecular weight is 537 g/mol. The number of benzene rings is 1. The van der Waals surface area contributed by atoms with Crippen LogP contribution in [-0.4, -0.2) is 59.0 Å². The molecule has 9 nitrogen and oxygen atoms in total. The van der Waals surface area contributed by atoms with Gasteiger partial charge in [-0.3, -0.25) is 14.7 Å². The van der Waals surface area contributed by atoms with Crippen molar-refractivity contribution in [3.05, 3.63) is 52.7 Å². The quantitative estimate of drug-likeness (QED) is 0.438. The number of aryl methyl sites for hydroxylation is 1. The molecule has 0 bridgehead atoms. The summed E-state index contributed by atoms with van der Waals surface area (Å²) in [6.07, 6.45) is 7.26. The van der Waals surface area contributed by atoms with E-state index in [9.17, 15) is 9.59 Å². The van der Waals surface area contributed by atoms with E-state index in [-0.39, 0.29) is 23.2 Å². The zero-order chi connectivity index (χ0) is 28.5. The van der Waals surface area contributed by atoms with Gasteiger partial charge in [0, 0.05) is 49.3 Å². The Morgan fingerprint density at radius 2 is 1.82 bits per heavy atom. The first kappa shape index (κ1) is 28.4. The fraction of sp³-hybridized carbons (Fsp3) is 0.500. The number of amides is 1. The van der Waals surface area contributed by atoms with Crippen LogP contribution in [0.3, 0.4) is 0 Å². The van der Waals surface area contributed by atoms with E-state index in [1.807, 2.05) is 45.2 Å². The fourth-order valence-electron chi connectivity index (χ4n) is 5.37. The van der Waals surface area contributed by atoms with Crippen LogP contribution in [-0.2, 0) is 18.3 Å². The maximum absolute atomic E-state index is 12.7. The third-order valence-electron chi connectivity index (χ3n) is 7.63. The minimum Gasteiger partial charge on any atom is -0.496 e. The molecule has 2 aromatic heterocycles. The molecule has 2 heterocycles. The molecule has 0 saturated heterocycles. The van der Waals surface area contributed by atoms with Gasteiger partial charge >= 0.3 is 6.09 Å². The van der Waals surface area contributed by atoms with Gasteiger partial charge in [0.2, 0.25) is 0 Å². The van der Waals surface area contributed by atoms with Gasteiger partial charge in [-0.05, 0) is 76.2 Å². The molecule has 1 N–H and O–H groups in total. The van der Waals surface area contributed by atoms with Gasteiger partial charge < -0.3 is 24.1 Å². The Labute approximate surface area is 230 Å². The van der Waals surface area contributed by atoms with E-state index in [0.717, 1.165) is 41.3 Å². The lowest BCUT2D eigenvalue weighted by atomic mass is 9.70. The predicted octanol–water partition coefficient (Wildman–Crippen LogP) is 4.89. The number of carbonyl (C=O) groups excluding carboxylic acids is 1. The standard InChI is InChI=1S/C30H40N4O5/c1-9-30(32-28(36)39-29(2,3)4)14-20(15-30)33(5)18-24-25(37-7)12-19(13-26(24)38-8)23-17-34(6)27(35)22-16-31-11-10-21(22)23/h10-13,16-17,20H,9,14-15,18H2,1-8H3,(H,32,36). The predicted molar refractivity (Wildman–Crippen MR) is 152 cm³/mol. The second kappa shape index (κ2) is 10.9. The molecule has 39 heavy (non-hydrogen) atoms. The van der Waals surface area contributed by atoms with Crippen LogP contribution in [0.2, 0.25) is 0 Å². The van der Waals surface area contributed by atoms with E-state index in [1.54, 1.807) is 38.2 Å². The summed E-state index contributed by atoms with van der Waals surface area (Å²) in [7, 11) is 7.13. The van der Waals surface area contributed by atoms with Gasteiger partial charge in [0.05, 0.1) is 25.2 Å². The largest absolute Gasteiger partial charge is 0.496 e. The summed E-state index contributed by atoms with van der Waals surface area (Å²) in [5.74, 6) is 1.42. The van der Waals surface area contributed by atoms with Crippen molar-refractivity contribution >= 4 is 16.9 Å². The van der Waals surface area contributed by atoms with Crippen LogP contribution in [0.25, 0.3) is 21.9 Å². The summed E-state index contributed by atoms with van der Waals surface area (Å²) >= 11 is 0. The number of pyridine rings is 2. The number of alkyl carbamates (subject to hydrolysis) is 1. The fourth-order valence-corrected chi connectivity index (χ4v) is 5.37. The number of methoxy groups -OCH3 is 2. The molecule has 9 heteroatoms. The van der Waals surface area contributed by atoms with Crippen molar-refractivity contribution in [1.29, 1.82) is 0 Å². The molecule has 1 aliphatic carbocycles. The number of fused-ring (bicyclic) bond motifs is 1. The first-order chi connectivity index (χ1) is 18.4. The molecule has 0 atom stereocenters. The maximum Gasteiger partial charge on any atom is 0.408 e. The number of nitrogens with one attached hydrogen (secondary N) is 1. The smallest absolute Gasteiger partial charge is 0.408 e. The number of aromatic nitrogens is 2. The van der Waals surface area contributed by atoms with Gasteiger partial charge in [-0.2, -0.15) is 0 Å². The minimum atomic E-state index is -0.532. The highest BCUT2D eigenvalue weighted by Crippen LogP contribution is 2.42. The summed E-state index contributed by atoms with van der Waals surface area (Å²) in [5, 5.41) is 4.50. The number of carbonyl (C=O) groups is 1. The number of hydrogen-bond donors (Lipinski definition) is 1. The number of nitrogens with zero attached hydrogens (tertiary/aromatic N) is 3. The number of hydrogen-bond acceptors (Lipinski definition) is 7. The molecular formula is C30H40N4O5. The highest BCUT2D eigenvalue weighted by atomic mass is 16.6. The minimum absolute atomic E-state index is 0.0937. The van der Waals surface area contributed by atoms with Crippen LogP contribution in [0.1, 0.15) is 52.5 Å². The topological polar surface area (TPSA) is 94.9 Å². The molecule has 0 spiro atoms. The molecule has 0 aliphatic heterocycles. The van der Waals surface area contributed by atoms with Crippen LogP contribution < -0.4 is 20.3 Å². The molecule has 1 aromatic carbocycles. The van der Waals surface area contributed by atoms with E-state index in [0.29, 0.717) is 23.4 Å². The van der Waals surface area contributed by atoms with Crippen molar-refractivity contribution in [1.82, 2.24) is 19.8 Å². The first-order valence-corrected chi connectivity index (χ1v) is 13.3. The zero-order valence-corrected chi connectivity index (χ0v) is 24.3. The molecule has 0 radical (unpaired) electrons. The Kier molecular flexibility index (Phi) is 7.93. The molecule has 4 rings (SSSR count). The third kappa shape index (κ3) is 5.88.